The summed E-state index contributed by atoms with van der Waals surface area (Å²) in [6, 6.07) is 9.15. The minimum atomic E-state index is -0.692. The first kappa shape index (κ1) is 14.1. The summed E-state index contributed by atoms with van der Waals surface area (Å²) in [6.07, 6.45) is 2.20. The van der Waals surface area contributed by atoms with Crippen LogP contribution in [0.5, 0.6) is 0 Å². The first-order valence-corrected chi connectivity index (χ1v) is 7.09. The molecule has 0 aliphatic carbocycles. The predicted octanol–water partition coefficient (Wildman–Crippen LogP) is 3.04. The Hall–Kier alpha value is -1.35. The highest BCUT2D eigenvalue weighted by Gasteiger charge is 2.30. The zero-order valence-electron chi connectivity index (χ0n) is 11.8. The Balaban J connectivity index is 1.94. The molecule has 1 saturated heterocycles. The van der Waals surface area contributed by atoms with Crippen molar-refractivity contribution in [2.45, 2.75) is 45.1 Å². The van der Waals surface area contributed by atoms with Gasteiger partial charge in [0.25, 0.3) is 0 Å². The number of nitrogens with zero attached hydrogens (tertiary/aromatic N) is 1. The SMILES string of the molecule is Cc1ccccc1[C@H]1C[C@@H](C)N(CCCC(=O)O)C1. The lowest BCUT2D eigenvalue weighted by Crippen LogP contribution is -2.28. The lowest BCUT2D eigenvalue weighted by molar-refractivity contribution is -0.137. The van der Waals surface area contributed by atoms with Crippen LogP contribution in [0.25, 0.3) is 0 Å². The summed E-state index contributed by atoms with van der Waals surface area (Å²) in [4.78, 5) is 13.0. The summed E-state index contributed by atoms with van der Waals surface area (Å²) in [6.45, 7) is 6.38. The maximum absolute atomic E-state index is 10.6. The Morgan fingerprint density at radius 2 is 2.16 bits per heavy atom. The summed E-state index contributed by atoms with van der Waals surface area (Å²) >= 11 is 0. The van der Waals surface area contributed by atoms with Gasteiger partial charge in [-0.15, -0.1) is 0 Å². The molecule has 3 heteroatoms. The summed E-state index contributed by atoms with van der Waals surface area (Å²) in [5.41, 5.74) is 2.82. The normalized spacial score (nSPS) is 23.7. The molecule has 0 spiro atoms. The van der Waals surface area contributed by atoms with Gasteiger partial charge in [-0.2, -0.15) is 0 Å². The van der Waals surface area contributed by atoms with Gasteiger partial charge in [0.05, 0.1) is 0 Å². The van der Waals surface area contributed by atoms with Crippen LogP contribution < -0.4 is 0 Å². The molecule has 19 heavy (non-hydrogen) atoms. The second-order valence-corrected chi connectivity index (χ2v) is 5.63. The summed E-state index contributed by atoms with van der Waals surface area (Å²) < 4.78 is 0. The number of hydrogen-bond acceptors (Lipinski definition) is 2. The van der Waals surface area contributed by atoms with Crippen LogP contribution >= 0.6 is 0 Å². The van der Waals surface area contributed by atoms with Gasteiger partial charge >= 0.3 is 5.97 Å². The third-order valence-corrected chi connectivity index (χ3v) is 4.17. The van der Waals surface area contributed by atoms with Gasteiger partial charge in [0.2, 0.25) is 0 Å². The standard InChI is InChI=1S/C16H23NO2/c1-12-6-3-4-7-15(12)14-10-13(2)17(11-14)9-5-8-16(18)19/h3-4,6-7,13-14H,5,8-11H2,1-2H3,(H,18,19)/t13-,14+/m1/s1. The van der Waals surface area contributed by atoms with Crippen molar-refractivity contribution >= 4 is 5.97 Å². The van der Waals surface area contributed by atoms with E-state index >= 15 is 0 Å². The molecule has 0 radical (unpaired) electrons. The summed E-state index contributed by atoms with van der Waals surface area (Å²) in [5, 5.41) is 8.70. The van der Waals surface area contributed by atoms with Crippen LogP contribution in [-0.4, -0.2) is 35.1 Å². The smallest absolute Gasteiger partial charge is 0.303 e. The fourth-order valence-electron chi connectivity index (χ4n) is 3.11. The minimum absolute atomic E-state index is 0.276. The highest BCUT2D eigenvalue weighted by molar-refractivity contribution is 5.66. The van der Waals surface area contributed by atoms with Gasteiger partial charge in [0.1, 0.15) is 0 Å². The topological polar surface area (TPSA) is 40.5 Å². The fraction of sp³-hybridized carbons (Fsp3) is 0.562. The number of carboxylic acid groups (broad SMARTS) is 1. The number of benzene rings is 1. The third kappa shape index (κ3) is 3.57. The second-order valence-electron chi connectivity index (χ2n) is 5.63. The fourth-order valence-corrected chi connectivity index (χ4v) is 3.11. The number of aliphatic carboxylic acids is 1. The van der Waals surface area contributed by atoms with Crippen molar-refractivity contribution in [3.63, 3.8) is 0 Å². The molecule has 1 aliphatic heterocycles. The number of hydrogen-bond donors (Lipinski definition) is 1. The van der Waals surface area contributed by atoms with Gasteiger partial charge in [-0.05, 0) is 50.3 Å². The second kappa shape index (κ2) is 6.20. The number of likely N-dealkylation sites (tertiary alicyclic amines) is 1. The van der Waals surface area contributed by atoms with Gasteiger partial charge < -0.3 is 10.0 Å². The van der Waals surface area contributed by atoms with Crippen molar-refractivity contribution < 1.29 is 9.90 Å². The zero-order chi connectivity index (χ0) is 13.8. The lowest BCUT2D eigenvalue weighted by Gasteiger charge is -2.20. The monoisotopic (exact) mass is 261 g/mol. The zero-order valence-corrected chi connectivity index (χ0v) is 11.8. The van der Waals surface area contributed by atoms with Crippen LogP contribution in [0.15, 0.2) is 24.3 Å². The molecule has 2 atom stereocenters. The summed E-state index contributed by atoms with van der Waals surface area (Å²) in [7, 11) is 0. The largest absolute Gasteiger partial charge is 0.481 e. The molecule has 104 valence electrons. The van der Waals surface area contributed by atoms with E-state index in [4.69, 9.17) is 5.11 Å². The Morgan fingerprint density at radius 1 is 1.42 bits per heavy atom. The molecule has 0 bridgehead atoms. The minimum Gasteiger partial charge on any atom is -0.481 e. The van der Waals surface area contributed by atoms with E-state index in [9.17, 15) is 4.79 Å². The van der Waals surface area contributed by atoms with Gasteiger partial charge in [0, 0.05) is 19.0 Å². The van der Waals surface area contributed by atoms with E-state index in [1.165, 1.54) is 17.5 Å². The molecule has 1 N–H and O–H groups in total. The molecular weight excluding hydrogens is 238 g/mol. The van der Waals surface area contributed by atoms with Crippen LogP contribution in [0, 0.1) is 6.92 Å². The Labute approximate surface area is 115 Å². The van der Waals surface area contributed by atoms with Gasteiger partial charge in [-0.1, -0.05) is 24.3 Å². The van der Waals surface area contributed by atoms with Crippen molar-refractivity contribution in [1.29, 1.82) is 0 Å². The quantitative estimate of drug-likeness (QED) is 0.885. The van der Waals surface area contributed by atoms with Crippen molar-refractivity contribution in [3.8, 4) is 0 Å². The van der Waals surface area contributed by atoms with Crippen molar-refractivity contribution in [2.75, 3.05) is 13.1 Å². The van der Waals surface area contributed by atoms with Gasteiger partial charge in [-0.3, -0.25) is 4.79 Å². The number of aryl methyl sites for hydroxylation is 1. The Kier molecular flexibility index (Phi) is 4.59. The van der Waals surface area contributed by atoms with E-state index in [0.29, 0.717) is 12.0 Å². The molecule has 3 nitrogen and oxygen atoms in total. The first-order chi connectivity index (χ1) is 9.08. The molecular formula is C16H23NO2. The van der Waals surface area contributed by atoms with E-state index in [0.717, 1.165) is 19.5 Å². The molecule has 1 aliphatic rings. The molecule has 1 fully saturated rings. The Bertz CT molecular complexity index is 444. The predicted molar refractivity (Wildman–Crippen MR) is 76.4 cm³/mol. The molecule has 0 aromatic heterocycles. The lowest BCUT2D eigenvalue weighted by atomic mass is 9.93. The van der Waals surface area contributed by atoms with Crippen LogP contribution in [0.4, 0.5) is 0 Å². The molecule has 1 aromatic rings. The van der Waals surface area contributed by atoms with Crippen LogP contribution in [-0.2, 0) is 4.79 Å². The van der Waals surface area contributed by atoms with Crippen LogP contribution in [0.3, 0.4) is 0 Å². The van der Waals surface area contributed by atoms with Crippen molar-refractivity contribution in [3.05, 3.63) is 35.4 Å². The molecule has 0 saturated carbocycles. The summed E-state index contributed by atoms with van der Waals surface area (Å²) in [5.74, 6) is -0.0941. The van der Waals surface area contributed by atoms with E-state index in [1.54, 1.807) is 0 Å². The Morgan fingerprint density at radius 3 is 2.84 bits per heavy atom. The maximum Gasteiger partial charge on any atom is 0.303 e. The van der Waals surface area contributed by atoms with Gasteiger partial charge in [-0.25, -0.2) is 0 Å². The molecule has 1 aromatic carbocycles. The van der Waals surface area contributed by atoms with Crippen LogP contribution in [0.2, 0.25) is 0 Å². The average Bonchev–Trinajstić information content (AvgIpc) is 2.71. The van der Waals surface area contributed by atoms with E-state index in [-0.39, 0.29) is 6.42 Å². The highest BCUT2D eigenvalue weighted by atomic mass is 16.4. The molecule has 1 heterocycles. The van der Waals surface area contributed by atoms with Gasteiger partial charge in [0.15, 0.2) is 0 Å². The maximum atomic E-state index is 10.6. The van der Waals surface area contributed by atoms with E-state index in [1.807, 2.05) is 0 Å². The van der Waals surface area contributed by atoms with E-state index in [2.05, 4.69) is 43.0 Å². The average molecular weight is 261 g/mol. The van der Waals surface area contributed by atoms with Crippen molar-refractivity contribution in [1.82, 2.24) is 4.90 Å². The third-order valence-electron chi connectivity index (χ3n) is 4.17. The highest BCUT2D eigenvalue weighted by Crippen LogP contribution is 2.33. The van der Waals surface area contributed by atoms with Crippen molar-refractivity contribution in [2.24, 2.45) is 0 Å². The molecule has 2 rings (SSSR count). The van der Waals surface area contributed by atoms with Crippen LogP contribution in [0.1, 0.15) is 43.2 Å². The number of carbonyl (C=O) groups is 1. The molecule has 0 unspecified atom stereocenters. The molecule has 0 amide bonds. The number of rotatable bonds is 5. The van der Waals surface area contributed by atoms with E-state index < -0.39 is 5.97 Å². The first-order valence-electron chi connectivity index (χ1n) is 7.09. The number of carboxylic acids is 1.